The van der Waals surface area contributed by atoms with E-state index in [1.165, 1.54) is 0 Å². The molecule has 4 heterocycles. The molecule has 0 saturated carbocycles. The van der Waals surface area contributed by atoms with E-state index < -0.39 is 28.8 Å². The van der Waals surface area contributed by atoms with E-state index in [9.17, 15) is 19.8 Å². The molecule has 0 radical (unpaired) electrons. The molecule has 5 aliphatic rings. The maximum Gasteiger partial charge on any atom is 0.339 e. The minimum absolute atomic E-state index is 0.00867. The van der Waals surface area contributed by atoms with Crippen molar-refractivity contribution in [1.82, 2.24) is 14.7 Å². The summed E-state index contributed by atoms with van der Waals surface area (Å²) in [4.78, 5) is 34.0. The molecule has 2 saturated heterocycles. The van der Waals surface area contributed by atoms with Crippen molar-refractivity contribution >= 4 is 11.9 Å². The Kier molecular flexibility index (Phi) is 8.36. The zero-order valence-electron chi connectivity index (χ0n) is 26.5. The van der Waals surface area contributed by atoms with E-state index in [1.54, 1.807) is 25.9 Å². The van der Waals surface area contributed by atoms with Crippen LogP contribution < -0.4 is 9.47 Å². The first-order valence-electron chi connectivity index (χ1n) is 16.0. The van der Waals surface area contributed by atoms with E-state index in [2.05, 4.69) is 15.9 Å². The minimum atomic E-state index is -2.06. The van der Waals surface area contributed by atoms with E-state index >= 15 is 0 Å². The fourth-order valence-corrected chi connectivity index (χ4v) is 7.81. The Labute approximate surface area is 259 Å². The van der Waals surface area contributed by atoms with Crippen LogP contribution in [0.3, 0.4) is 0 Å². The number of piperazine rings is 1. The molecule has 1 spiro atoms. The average molecular weight is 614 g/mol. The summed E-state index contributed by atoms with van der Waals surface area (Å²) in [6.07, 6.45) is 4.34. The SMILES string of the molecule is COC1=C[C@]23CCCN2CCc2cc4c(cc2[C@@H]3[C@@H]1OC(=O)[C@@](O)(CCCC(C)(C)O)CC(=O)N1CCN(C)CC1)OCO4. The van der Waals surface area contributed by atoms with Gasteiger partial charge in [0.05, 0.1) is 30.6 Å². The molecule has 1 aromatic rings. The van der Waals surface area contributed by atoms with E-state index in [0.29, 0.717) is 37.4 Å². The molecule has 6 rings (SSSR count). The largest absolute Gasteiger partial charge is 0.497 e. The predicted molar refractivity (Wildman–Crippen MR) is 161 cm³/mol. The number of nitrogens with zero attached hydrogens (tertiary/aromatic N) is 3. The van der Waals surface area contributed by atoms with Crippen molar-refractivity contribution in [2.45, 2.75) is 87.6 Å². The summed E-state index contributed by atoms with van der Waals surface area (Å²) in [7, 11) is 3.59. The van der Waals surface area contributed by atoms with Gasteiger partial charge < -0.3 is 39.0 Å². The number of methoxy groups -OCH3 is 1. The molecular formula is C33H47N3O8. The average Bonchev–Trinajstić information content (AvgIpc) is 3.66. The molecule has 2 fully saturated rings. The van der Waals surface area contributed by atoms with Crippen molar-refractivity contribution in [1.29, 1.82) is 0 Å². The van der Waals surface area contributed by atoms with E-state index in [0.717, 1.165) is 62.3 Å². The zero-order valence-corrected chi connectivity index (χ0v) is 26.5. The summed E-state index contributed by atoms with van der Waals surface area (Å²) in [5.41, 5.74) is -1.30. The standard InChI is InChI=1S/C33H47N3O8/c1-31(2,39)8-5-10-33(40,20-27(37)35-15-13-34(3)14-16-35)30(38)44-29-26(41-4)19-32-9-6-11-36(32)12-7-22-17-24-25(43-21-42-24)18-23(22)28(29)32/h17-19,28-29,39-40H,5-16,20-21H2,1-4H3/t28-,29-,32+,33-/m1/s1. The predicted octanol–water partition coefficient (Wildman–Crippen LogP) is 2.18. The van der Waals surface area contributed by atoms with Crippen LogP contribution in [-0.4, -0.2) is 120 Å². The van der Waals surface area contributed by atoms with Crippen molar-refractivity contribution in [3.05, 3.63) is 35.1 Å². The molecule has 0 bridgehead atoms. The van der Waals surface area contributed by atoms with Crippen molar-refractivity contribution in [2.24, 2.45) is 0 Å². The lowest BCUT2D eigenvalue weighted by molar-refractivity contribution is -0.177. The maximum absolute atomic E-state index is 14.2. The summed E-state index contributed by atoms with van der Waals surface area (Å²) in [6, 6.07) is 4.06. The second-order valence-corrected chi connectivity index (χ2v) is 13.8. The van der Waals surface area contributed by atoms with Crippen LogP contribution >= 0.6 is 0 Å². The van der Waals surface area contributed by atoms with Crippen LogP contribution in [0.2, 0.25) is 0 Å². The van der Waals surface area contributed by atoms with Gasteiger partial charge >= 0.3 is 5.97 Å². The van der Waals surface area contributed by atoms with Gasteiger partial charge in [0.2, 0.25) is 12.7 Å². The Morgan fingerprint density at radius 3 is 2.48 bits per heavy atom. The summed E-state index contributed by atoms with van der Waals surface area (Å²) in [5, 5.41) is 22.3. The lowest BCUT2D eigenvalue weighted by Gasteiger charge is -2.40. The number of carbonyl (C=O) groups excluding carboxylic acids is 2. The second kappa shape index (κ2) is 11.8. The molecule has 44 heavy (non-hydrogen) atoms. The van der Waals surface area contributed by atoms with Crippen LogP contribution in [0.1, 0.15) is 69.4 Å². The number of likely N-dealkylation sites (N-methyl/N-ethyl adjacent to an activating group) is 1. The van der Waals surface area contributed by atoms with Crippen molar-refractivity contribution in [2.75, 3.05) is 60.2 Å². The van der Waals surface area contributed by atoms with Gasteiger partial charge in [-0.25, -0.2) is 4.79 Å². The molecule has 0 unspecified atom stereocenters. The zero-order chi connectivity index (χ0) is 31.3. The van der Waals surface area contributed by atoms with Crippen LogP contribution in [0.15, 0.2) is 24.0 Å². The van der Waals surface area contributed by atoms with Crippen molar-refractivity contribution in [3.8, 4) is 11.5 Å². The lowest BCUT2D eigenvalue weighted by Crippen LogP contribution is -2.52. The van der Waals surface area contributed by atoms with Gasteiger partial charge in [-0.1, -0.05) is 0 Å². The Hall–Kier alpha value is -2.86. The molecule has 4 aliphatic heterocycles. The number of esters is 1. The highest BCUT2D eigenvalue weighted by atomic mass is 16.7. The third-order valence-electron chi connectivity index (χ3n) is 10.3. The van der Waals surface area contributed by atoms with Gasteiger partial charge in [-0.15, -0.1) is 0 Å². The molecule has 2 N–H and O–H groups in total. The number of ether oxygens (including phenoxy) is 4. The molecule has 4 atom stereocenters. The third kappa shape index (κ3) is 5.79. The number of fused-ring (bicyclic) bond motifs is 3. The molecule has 11 nitrogen and oxygen atoms in total. The number of benzene rings is 1. The van der Waals surface area contributed by atoms with Gasteiger partial charge in [0, 0.05) is 32.7 Å². The summed E-state index contributed by atoms with van der Waals surface area (Å²) in [6.45, 7) is 7.85. The molecule has 0 aromatic heterocycles. The highest BCUT2D eigenvalue weighted by Crippen LogP contribution is 2.55. The van der Waals surface area contributed by atoms with Crippen LogP contribution in [0.4, 0.5) is 0 Å². The number of amides is 1. The third-order valence-corrected chi connectivity index (χ3v) is 10.3. The minimum Gasteiger partial charge on any atom is -0.497 e. The van der Waals surface area contributed by atoms with Crippen LogP contribution in [0, 0.1) is 0 Å². The van der Waals surface area contributed by atoms with Crippen molar-refractivity contribution in [3.63, 3.8) is 0 Å². The highest BCUT2D eigenvalue weighted by Gasteiger charge is 2.59. The normalized spacial score (nSPS) is 28.0. The van der Waals surface area contributed by atoms with Crippen molar-refractivity contribution < 1.29 is 38.7 Å². The smallest absolute Gasteiger partial charge is 0.339 e. The number of carbonyl (C=O) groups is 2. The fourth-order valence-electron chi connectivity index (χ4n) is 7.81. The van der Waals surface area contributed by atoms with Gasteiger partial charge in [0.15, 0.2) is 23.2 Å². The molecule has 1 amide bonds. The first kappa shape index (κ1) is 31.1. The van der Waals surface area contributed by atoms with Crippen LogP contribution in [0.25, 0.3) is 0 Å². The topological polar surface area (TPSA) is 121 Å². The molecule has 11 heteroatoms. The van der Waals surface area contributed by atoms with E-state index in [4.69, 9.17) is 18.9 Å². The van der Waals surface area contributed by atoms with E-state index in [1.807, 2.05) is 19.2 Å². The number of hydrogen-bond acceptors (Lipinski definition) is 10. The number of hydrogen-bond donors (Lipinski definition) is 2. The Bertz CT molecular complexity index is 1300. The Balaban J connectivity index is 1.31. The second-order valence-electron chi connectivity index (χ2n) is 13.8. The Morgan fingerprint density at radius 2 is 1.77 bits per heavy atom. The van der Waals surface area contributed by atoms with Crippen LogP contribution in [-0.2, 0) is 25.5 Å². The van der Waals surface area contributed by atoms with Crippen LogP contribution in [0.5, 0.6) is 11.5 Å². The first-order chi connectivity index (χ1) is 20.9. The Morgan fingerprint density at radius 1 is 1.05 bits per heavy atom. The van der Waals surface area contributed by atoms with Gasteiger partial charge in [0.25, 0.3) is 0 Å². The fraction of sp³-hybridized carbons (Fsp3) is 0.697. The lowest BCUT2D eigenvalue weighted by atomic mass is 9.77. The summed E-state index contributed by atoms with van der Waals surface area (Å²) in [5.74, 6) is 0.532. The summed E-state index contributed by atoms with van der Waals surface area (Å²) < 4.78 is 23.7. The molecule has 1 aromatic carbocycles. The summed E-state index contributed by atoms with van der Waals surface area (Å²) >= 11 is 0. The molecule has 242 valence electrons. The quantitative estimate of drug-likeness (QED) is 0.401. The van der Waals surface area contributed by atoms with Gasteiger partial charge in [-0.3, -0.25) is 9.69 Å². The number of aliphatic hydroxyl groups is 2. The number of rotatable bonds is 9. The maximum atomic E-state index is 14.2. The molecular weight excluding hydrogens is 566 g/mol. The first-order valence-corrected chi connectivity index (χ1v) is 16.0. The van der Waals surface area contributed by atoms with Gasteiger partial charge in [0.1, 0.15) is 5.76 Å². The van der Waals surface area contributed by atoms with Gasteiger partial charge in [-0.05, 0) is 95.3 Å². The van der Waals surface area contributed by atoms with Gasteiger partial charge in [-0.2, -0.15) is 0 Å². The monoisotopic (exact) mass is 613 g/mol. The molecule has 1 aliphatic carbocycles. The highest BCUT2D eigenvalue weighted by molar-refractivity contribution is 5.88. The van der Waals surface area contributed by atoms with E-state index in [-0.39, 0.29) is 31.5 Å².